The summed E-state index contributed by atoms with van der Waals surface area (Å²) in [5.74, 6) is 2.05. The fourth-order valence-electron chi connectivity index (χ4n) is 4.90. The number of anilines is 1. The maximum atomic E-state index is 13.6. The molecule has 0 bridgehead atoms. The zero-order chi connectivity index (χ0) is 25.4. The van der Waals surface area contributed by atoms with Gasteiger partial charge in [0, 0.05) is 61.4 Å². The SMILES string of the molecule is Cc1c(Cc2c(CN3CCS(=O)CC3)nc3c(C)cc(N4CCOCC4)nn23)cccc1C(F)(F)F. The van der Waals surface area contributed by atoms with E-state index in [2.05, 4.69) is 9.80 Å². The average Bonchev–Trinajstić information content (AvgIpc) is 3.19. The van der Waals surface area contributed by atoms with Gasteiger partial charge in [-0.15, -0.1) is 5.10 Å². The summed E-state index contributed by atoms with van der Waals surface area (Å²) < 4.78 is 60.0. The van der Waals surface area contributed by atoms with Gasteiger partial charge in [0.2, 0.25) is 0 Å². The molecule has 2 aliphatic rings. The zero-order valence-corrected chi connectivity index (χ0v) is 21.3. The van der Waals surface area contributed by atoms with Crippen LogP contribution in [0.5, 0.6) is 0 Å². The quantitative estimate of drug-likeness (QED) is 0.513. The van der Waals surface area contributed by atoms with Crippen LogP contribution < -0.4 is 4.90 Å². The van der Waals surface area contributed by atoms with Gasteiger partial charge in [0.15, 0.2) is 5.65 Å². The Morgan fingerprint density at radius 3 is 2.50 bits per heavy atom. The summed E-state index contributed by atoms with van der Waals surface area (Å²) in [6.07, 6.45) is -4.13. The second-order valence-corrected chi connectivity index (χ2v) is 11.1. The summed E-state index contributed by atoms with van der Waals surface area (Å²) in [4.78, 5) is 9.30. The molecule has 2 aliphatic heterocycles. The number of ether oxygens (including phenoxy) is 1. The second kappa shape index (κ2) is 10.1. The van der Waals surface area contributed by atoms with Crippen molar-refractivity contribution in [3.8, 4) is 0 Å². The molecule has 0 aliphatic carbocycles. The van der Waals surface area contributed by atoms with Crippen molar-refractivity contribution < 1.29 is 22.1 Å². The molecule has 2 saturated heterocycles. The molecule has 5 rings (SSSR count). The summed E-state index contributed by atoms with van der Waals surface area (Å²) in [5.41, 5.74) is 3.46. The molecular weight excluding hydrogens is 491 g/mol. The Morgan fingerprint density at radius 2 is 1.81 bits per heavy atom. The first-order valence-electron chi connectivity index (χ1n) is 12.1. The van der Waals surface area contributed by atoms with E-state index < -0.39 is 22.5 Å². The van der Waals surface area contributed by atoms with Crippen LogP contribution in [0.1, 0.15) is 33.6 Å². The number of aryl methyl sites for hydroxylation is 1. The highest BCUT2D eigenvalue weighted by molar-refractivity contribution is 7.85. The lowest BCUT2D eigenvalue weighted by molar-refractivity contribution is -0.138. The van der Waals surface area contributed by atoms with Crippen LogP contribution in [0.2, 0.25) is 0 Å². The first-order chi connectivity index (χ1) is 17.2. The van der Waals surface area contributed by atoms with Gasteiger partial charge in [-0.2, -0.15) is 13.2 Å². The summed E-state index contributed by atoms with van der Waals surface area (Å²) in [7, 11) is -0.796. The topological polar surface area (TPSA) is 63.0 Å². The fourth-order valence-corrected chi connectivity index (χ4v) is 6.03. The van der Waals surface area contributed by atoms with Gasteiger partial charge in [-0.05, 0) is 42.7 Å². The minimum Gasteiger partial charge on any atom is -0.378 e. The highest BCUT2D eigenvalue weighted by Gasteiger charge is 2.33. The van der Waals surface area contributed by atoms with Gasteiger partial charge in [0.05, 0.1) is 30.2 Å². The molecule has 7 nitrogen and oxygen atoms in total. The van der Waals surface area contributed by atoms with E-state index in [0.717, 1.165) is 41.9 Å². The van der Waals surface area contributed by atoms with E-state index in [0.29, 0.717) is 55.6 Å². The van der Waals surface area contributed by atoms with Crippen LogP contribution in [0.15, 0.2) is 24.3 Å². The molecule has 0 radical (unpaired) electrons. The smallest absolute Gasteiger partial charge is 0.378 e. The lowest BCUT2D eigenvalue weighted by Gasteiger charge is -2.28. The molecule has 2 aromatic heterocycles. The van der Waals surface area contributed by atoms with Crippen molar-refractivity contribution >= 4 is 22.3 Å². The van der Waals surface area contributed by atoms with Gasteiger partial charge in [-0.3, -0.25) is 9.11 Å². The van der Waals surface area contributed by atoms with Crippen LogP contribution >= 0.6 is 0 Å². The molecule has 3 aromatic rings. The zero-order valence-electron chi connectivity index (χ0n) is 20.5. The van der Waals surface area contributed by atoms with Crippen LogP contribution in [-0.4, -0.2) is 74.6 Å². The number of imidazole rings is 1. The summed E-state index contributed by atoms with van der Waals surface area (Å²) in [5, 5.41) is 4.92. The molecule has 4 heterocycles. The number of nitrogens with zero attached hydrogens (tertiary/aromatic N) is 5. The third kappa shape index (κ3) is 5.14. The largest absolute Gasteiger partial charge is 0.416 e. The van der Waals surface area contributed by atoms with E-state index in [1.165, 1.54) is 13.0 Å². The summed E-state index contributed by atoms with van der Waals surface area (Å²) in [6.45, 7) is 8.17. The number of alkyl halides is 3. The van der Waals surface area contributed by atoms with Crippen LogP contribution in [0.25, 0.3) is 5.65 Å². The number of halogens is 3. The van der Waals surface area contributed by atoms with Gasteiger partial charge >= 0.3 is 6.18 Å². The van der Waals surface area contributed by atoms with Crippen LogP contribution in [0.3, 0.4) is 0 Å². The molecule has 0 atom stereocenters. The molecule has 11 heteroatoms. The third-order valence-corrected chi connectivity index (χ3v) is 8.29. The van der Waals surface area contributed by atoms with E-state index in [1.54, 1.807) is 6.07 Å². The van der Waals surface area contributed by atoms with Crippen LogP contribution in [0.4, 0.5) is 19.0 Å². The van der Waals surface area contributed by atoms with Crippen molar-refractivity contribution in [3.05, 3.63) is 57.9 Å². The van der Waals surface area contributed by atoms with Crippen LogP contribution in [0, 0.1) is 13.8 Å². The second-order valence-electron chi connectivity index (χ2n) is 9.41. The number of hydrogen-bond donors (Lipinski definition) is 0. The Balaban J connectivity index is 1.59. The van der Waals surface area contributed by atoms with Crippen molar-refractivity contribution in [2.75, 3.05) is 55.8 Å². The number of hydrogen-bond acceptors (Lipinski definition) is 6. The molecular formula is C25H30F3N5O2S. The predicted octanol–water partition coefficient (Wildman–Crippen LogP) is 3.36. The van der Waals surface area contributed by atoms with E-state index in [1.807, 2.05) is 17.5 Å². The normalized spacial score (nSPS) is 18.3. The van der Waals surface area contributed by atoms with E-state index in [4.69, 9.17) is 14.8 Å². The number of rotatable bonds is 5. The number of aromatic nitrogens is 3. The minimum atomic E-state index is -4.41. The summed E-state index contributed by atoms with van der Waals surface area (Å²) >= 11 is 0. The molecule has 0 spiro atoms. The number of fused-ring (bicyclic) bond motifs is 1. The van der Waals surface area contributed by atoms with Crippen LogP contribution in [-0.2, 0) is 34.7 Å². The summed E-state index contributed by atoms with van der Waals surface area (Å²) in [6, 6.07) is 6.35. The predicted molar refractivity (Wildman–Crippen MR) is 133 cm³/mol. The first kappa shape index (κ1) is 25.2. The van der Waals surface area contributed by atoms with E-state index >= 15 is 0 Å². The molecule has 1 aromatic carbocycles. The van der Waals surface area contributed by atoms with Gasteiger partial charge in [0.1, 0.15) is 5.82 Å². The molecule has 194 valence electrons. The molecule has 36 heavy (non-hydrogen) atoms. The highest BCUT2D eigenvalue weighted by Crippen LogP contribution is 2.34. The van der Waals surface area contributed by atoms with Crippen molar-refractivity contribution in [2.45, 2.75) is 33.0 Å². The Labute approximate surface area is 210 Å². The number of benzene rings is 1. The molecule has 0 unspecified atom stereocenters. The van der Waals surface area contributed by atoms with Crippen molar-refractivity contribution in [1.82, 2.24) is 19.5 Å². The van der Waals surface area contributed by atoms with Gasteiger partial charge in [-0.25, -0.2) is 9.50 Å². The average molecular weight is 522 g/mol. The Kier molecular flexibility index (Phi) is 7.06. The first-order valence-corrected chi connectivity index (χ1v) is 13.6. The molecule has 0 saturated carbocycles. The Hall–Kier alpha value is -2.50. The monoisotopic (exact) mass is 521 g/mol. The molecule has 2 fully saturated rings. The van der Waals surface area contributed by atoms with Crippen molar-refractivity contribution in [2.24, 2.45) is 0 Å². The minimum absolute atomic E-state index is 0.223. The molecule has 0 amide bonds. The Bertz CT molecular complexity index is 1280. The lowest BCUT2D eigenvalue weighted by Crippen LogP contribution is -2.37. The van der Waals surface area contributed by atoms with E-state index in [-0.39, 0.29) is 12.0 Å². The third-order valence-electron chi connectivity index (χ3n) is 7.02. The maximum Gasteiger partial charge on any atom is 0.416 e. The highest BCUT2D eigenvalue weighted by atomic mass is 32.2. The number of morpholine rings is 1. The van der Waals surface area contributed by atoms with E-state index in [9.17, 15) is 17.4 Å². The van der Waals surface area contributed by atoms with Gasteiger partial charge < -0.3 is 9.64 Å². The fraction of sp³-hybridized carbons (Fsp3) is 0.520. The van der Waals surface area contributed by atoms with Crippen molar-refractivity contribution in [1.29, 1.82) is 0 Å². The lowest BCUT2D eigenvalue weighted by atomic mass is 9.98. The van der Waals surface area contributed by atoms with Gasteiger partial charge in [0.25, 0.3) is 0 Å². The van der Waals surface area contributed by atoms with Gasteiger partial charge in [-0.1, -0.05) is 12.1 Å². The maximum absolute atomic E-state index is 13.6. The van der Waals surface area contributed by atoms with Crippen molar-refractivity contribution in [3.63, 3.8) is 0 Å². The Morgan fingerprint density at radius 1 is 1.08 bits per heavy atom. The molecule has 0 N–H and O–H groups in total. The standard InChI is InChI=1S/C25H30F3N5O2S/c1-17-14-23(32-6-10-35-11-7-32)30-33-22(15-19-4-3-5-20(18(19)2)25(26,27)28)21(29-24(17)33)16-31-8-12-36(34)13-9-31/h3-5,14H,6-13,15-16H2,1-2H3.